The second-order valence-corrected chi connectivity index (χ2v) is 5.25. The zero-order valence-corrected chi connectivity index (χ0v) is 12.8. The van der Waals surface area contributed by atoms with Gasteiger partial charge in [0.15, 0.2) is 5.60 Å². The number of carbonyl (C=O) groups excluding carboxylic acids is 1. The van der Waals surface area contributed by atoms with Crippen molar-refractivity contribution < 1.29 is 27.5 Å². The molecule has 0 aliphatic heterocycles. The number of rotatable bonds is 5. The molecule has 1 atom stereocenters. The largest absolute Gasteiger partial charge is 0.472 e. The van der Waals surface area contributed by atoms with Crippen LogP contribution >= 0.6 is 0 Å². The molecule has 2 amide bonds. The van der Waals surface area contributed by atoms with Crippen molar-refractivity contribution in [2.75, 3.05) is 11.9 Å². The molecule has 25 heavy (non-hydrogen) atoms. The van der Waals surface area contributed by atoms with Crippen molar-refractivity contribution in [2.45, 2.75) is 5.60 Å². The zero-order chi connectivity index (χ0) is 17.9. The summed E-state index contributed by atoms with van der Waals surface area (Å²) in [5.74, 6) is -1.65. The second-order valence-electron chi connectivity index (χ2n) is 5.25. The summed E-state index contributed by atoms with van der Waals surface area (Å²) in [7, 11) is 0. The van der Waals surface area contributed by atoms with Gasteiger partial charge in [0.25, 0.3) is 0 Å². The van der Waals surface area contributed by atoms with Crippen LogP contribution in [0.25, 0.3) is 0 Å². The van der Waals surface area contributed by atoms with Gasteiger partial charge in [0.1, 0.15) is 23.1 Å². The highest BCUT2D eigenvalue weighted by atomic mass is 19.1. The van der Waals surface area contributed by atoms with Gasteiger partial charge >= 0.3 is 6.03 Å². The Balaban J connectivity index is 1.75. The fourth-order valence-corrected chi connectivity index (χ4v) is 2.33. The Labute approximate surface area is 141 Å². The predicted molar refractivity (Wildman–Crippen MR) is 83.8 cm³/mol. The van der Waals surface area contributed by atoms with E-state index in [1.165, 1.54) is 37.0 Å². The van der Waals surface area contributed by atoms with Crippen molar-refractivity contribution in [3.63, 3.8) is 0 Å². The SMILES string of the molecule is O=C(NC[C@](O)(c1ccoc1)c1ccco1)Nc1c(F)cccc1F. The van der Waals surface area contributed by atoms with Gasteiger partial charge in [-0.3, -0.25) is 0 Å². The molecular formula is C17H14F2N2O4. The number of para-hydroxylation sites is 1. The van der Waals surface area contributed by atoms with Gasteiger partial charge in [-0.1, -0.05) is 6.07 Å². The lowest BCUT2D eigenvalue weighted by atomic mass is 9.93. The van der Waals surface area contributed by atoms with Gasteiger partial charge in [0, 0.05) is 5.56 Å². The van der Waals surface area contributed by atoms with E-state index in [0.717, 1.165) is 12.1 Å². The van der Waals surface area contributed by atoms with E-state index in [1.54, 1.807) is 6.07 Å². The van der Waals surface area contributed by atoms with E-state index >= 15 is 0 Å². The normalized spacial score (nSPS) is 13.2. The molecule has 130 valence electrons. The minimum atomic E-state index is -1.71. The number of urea groups is 1. The average molecular weight is 348 g/mol. The van der Waals surface area contributed by atoms with E-state index in [2.05, 4.69) is 10.6 Å². The van der Waals surface area contributed by atoms with Gasteiger partial charge in [-0.15, -0.1) is 0 Å². The van der Waals surface area contributed by atoms with Gasteiger partial charge in [-0.05, 0) is 30.3 Å². The smallest absolute Gasteiger partial charge is 0.319 e. The van der Waals surface area contributed by atoms with Crippen LogP contribution < -0.4 is 10.6 Å². The summed E-state index contributed by atoms with van der Waals surface area (Å²) < 4.78 is 37.3. The molecule has 2 aromatic heterocycles. The summed E-state index contributed by atoms with van der Waals surface area (Å²) in [4.78, 5) is 12.0. The number of hydrogen-bond donors (Lipinski definition) is 3. The molecule has 1 aromatic carbocycles. The third-order valence-corrected chi connectivity index (χ3v) is 3.63. The molecule has 0 aliphatic carbocycles. The van der Waals surface area contributed by atoms with Crippen LogP contribution in [0.5, 0.6) is 0 Å². The maximum Gasteiger partial charge on any atom is 0.319 e. The van der Waals surface area contributed by atoms with Crippen LogP contribution in [0.1, 0.15) is 11.3 Å². The van der Waals surface area contributed by atoms with Crippen molar-refractivity contribution in [1.82, 2.24) is 5.32 Å². The van der Waals surface area contributed by atoms with Crippen molar-refractivity contribution in [3.8, 4) is 0 Å². The van der Waals surface area contributed by atoms with Crippen molar-refractivity contribution in [2.24, 2.45) is 0 Å². The Bertz CT molecular complexity index is 793. The lowest BCUT2D eigenvalue weighted by Crippen LogP contribution is -2.43. The molecule has 0 unspecified atom stereocenters. The van der Waals surface area contributed by atoms with E-state index in [1.807, 2.05) is 0 Å². The minimum Gasteiger partial charge on any atom is -0.472 e. The fourth-order valence-electron chi connectivity index (χ4n) is 2.33. The van der Waals surface area contributed by atoms with Crippen LogP contribution in [0.4, 0.5) is 19.3 Å². The topological polar surface area (TPSA) is 87.6 Å². The first-order valence-electron chi connectivity index (χ1n) is 7.28. The first-order valence-corrected chi connectivity index (χ1v) is 7.28. The molecular weight excluding hydrogens is 334 g/mol. The molecule has 2 heterocycles. The van der Waals surface area contributed by atoms with Gasteiger partial charge in [0.2, 0.25) is 0 Å². The second kappa shape index (κ2) is 6.78. The van der Waals surface area contributed by atoms with Gasteiger partial charge < -0.3 is 24.6 Å². The maximum absolute atomic E-state index is 13.6. The summed E-state index contributed by atoms with van der Waals surface area (Å²) >= 11 is 0. The van der Waals surface area contributed by atoms with E-state index in [9.17, 15) is 18.7 Å². The molecule has 0 saturated carbocycles. The third-order valence-electron chi connectivity index (χ3n) is 3.63. The van der Waals surface area contributed by atoms with Crippen molar-refractivity contribution in [3.05, 3.63) is 78.1 Å². The van der Waals surface area contributed by atoms with Crippen LogP contribution in [0.3, 0.4) is 0 Å². The summed E-state index contributed by atoms with van der Waals surface area (Å²) in [6.07, 6.45) is 4.03. The van der Waals surface area contributed by atoms with Gasteiger partial charge in [0.05, 0.1) is 25.3 Å². The van der Waals surface area contributed by atoms with Crippen LogP contribution in [0.2, 0.25) is 0 Å². The highest BCUT2D eigenvalue weighted by Crippen LogP contribution is 2.30. The number of carbonyl (C=O) groups is 1. The molecule has 3 rings (SSSR count). The lowest BCUT2D eigenvalue weighted by Gasteiger charge is -2.25. The van der Waals surface area contributed by atoms with Crippen LogP contribution in [0, 0.1) is 11.6 Å². The number of halogens is 2. The summed E-state index contributed by atoms with van der Waals surface area (Å²) in [6.45, 7) is -0.318. The Morgan fingerprint density at radius 2 is 1.88 bits per heavy atom. The molecule has 0 spiro atoms. The van der Waals surface area contributed by atoms with Crippen molar-refractivity contribution >= 4 is 11.7 Å². The molecule has 6 nitrogen and oxygen atoms in total. The Morgan fingerprint density at radius 1 is 1.12 bits per heavy atom. The summed E-state index contributed by atoms with van der Waals surface area (Å²) in [5, 5.41) is 15.4. The minimum absolute atomic E-state index is 0.172. The Hall–Kier alpha value is -3.13. The van der Waals surface area contributed by atoms with E-state index in [0.29, 0.717) is 5.56 Å². The monoisotopic (exact) mass is 348 g/mol. The first-order chi connectivity index (χ1) is 12.0. The molecule has 8 heteroatoms. The molecule has 0 radical (unpaired) electrons. The quantitative estimate of drug-likeness (QED) is 0.661. The molecule has 0 aliphatic rings. The summed E-state index contributed by atoms with van der Waals surface area (Å²) in [6, 6.07) is 6.95. The van der Waals surface area contributed by atoms with Crippen LogP contribution in [-0.4, -0.2) is 17.7 Å². The van der Waals surface area contributed by atoms with Gasteiger partial charge in [-0.25, -0.2) is 13.6 Å². The third kappa shape index (κ3) is 3.38. The lowest BCUT2D eigenvalue weighted by molar-refractivity contribution is 0.0587. The highest BCUT2D eigenvalue weighted by Gasteiger charge is 2.36. The molecule has 3 aromatic rings. The number of anilines is 1. The van der Waals surface area contributed by atoms with E-state index < -0.39 is 29.0 Å². The first kappa shape index (κ1) is 16.7. The van der Waals surface area contributed by atoms with E-state index in [4.69, 9.17) is 8.83 Å². The molecule has 0 fully saturated rings. The van der Waals surface area contributed by atoms with Crippen molar-refractivity contribution in [1.29, 1.82) is 0 Å². The number of furan rings is 2. The van der Waals surface area contributed by atoms with E-state index in [-0.39, 0.29) is 12.3 Å². The van der Waals surface area contributed by atoms with Crippen LogP contribution in [0.15, 0.2) is 64.0 Å². The van der Waals surface area contributed by atoms with Crippen LogP contribution in [-0.2, 0) is 5.60 Å². The number of hydrogen-bond acceptors (Lipinski definition) is 4. The number of amides is 2. The predicted octanol–water partition coefficient (Wildman–Crippen LogP) is 3.21. The van der Waals surface area contributed by atoms with Gasteiger partial charge in [-0.2, -0.15) is 0 Å². The molecule has 0 bridgehead atoms. The molecule has 3 N–H and O–H groups in total. The molecule has 0 saturated heterocycles. The number of aliphatic hydroxyl groups is 1. The Kier molecular flexibility index (Phi) is 4.53. The Morgan fingerprint density at radius 3 is 2.48 bits per heavy atom. The number of benzene rings is 1. The summed E-state index contributed by atoms with van der Waals surface area (Å²) in [5.41, 5.74) is -1.94. The highest BCUT2D eigenvalue weighted by molar-refractivity contribution is 5.89. The standard InChI is InChI=1S/C17H14F2N2O4/c18-12-3-1-4-13(19)15(12)21-16(22)20-10-17(23,11-6-8-24-9-11)14-5-2-7-25-14/h1-9,23H,10H2,(H2,20,21,22)/t17-/m0/s1. The zero-order valence-electron chi connectivity index (χ0n) is 12.8. The maximum atomic E-state index is 13.6. The fraction of sp³-hybridized carbons (Fsp3) is 0.118. The average Bonchev–Trinajstić information content (AvgIpc) is 3.30. The number of nitrogens with one attached hydrogen (secondary N) is 2.